The second-order valence-corrected chi connectivity index (χ2v) is 4.62. The molecule has 2 rings (SSSR count). The van der Waals surface area contributed by atoms with E-state index in [4.69, 9.17) is 31.5 Å². The fourth-order valence-corrected chi connectivity index (χ4v) is 1.92. The lowest BCUT2D eigenvalue weighted by Crippen LogP contribution is -2.00. The van der Waals surface area contributed by atoms with Crippen LogP contribution in [0.15, 0.2) is 36.4 Å². The van der Waals surface area contributed by atoms with E-state index in [1.165, 1.54) is 0 Å². The fraction of sp³-hybridized carbons (Fsp3) is 0.200. The standard InChI is InChI=1S/C15H16ClNO3/c1-18-12-6-13(19-2)8-14(7-12)20-9-10-5-11(16)3-4-15(10)17/h3-8H,9,17H2,1-2H3. The first-order chi connectivity index (χ1) is 9.62. The van der Waals surface area contributed by atoms with E-state index in [2.05, 4.69) is 0 Å². The Labute approximate surface area is 123 Å². The molecule has 0 spiro atoms. The number of benzene rings is 2. The van der Waals surface area contributed by atoms with Gasteiger partial charge in [0.1, 0.15) is 23.9 Å². The van der Waals surface area contributed by atoms with Crippen molar-refractivity contribution in [1.82, 2.24) is 0 Å². The van der Waals surface area contributed by atoms with Gasteiger partial charge in [0.2, 0.25) is 0 Å². The average molecular weight is 294 g/mol. The van der Waals surface area contributed by atoms with E-state index in [0.29, 0.717) is 34.6 Å². The molecule has 0 bridgehead atoms. The number of ether oxygens (including phenoxy) is 3. The van der Waals surface area contributed by atoms with E-state index in [1.807, 2.05) is 0 Å². The Kier molecular flexibility index (Phi) is 4.58. The maximum Gasteiger partial charge on any atom is 0.127 e. The van der Waals surface area contributed by atoms with E-state index in [0.717, 1.165) is 5.56 Å². The molecule has 0 aliphatic rings. The monoisotopic (exact) mass is 293 g/mol. The Bertz CT molecular complexity index is 579. The first-order valence-corrected chi connectivity index (χ1v) is 6.40. The van der Waals surface area contributed by atoms with Crippen molar-refractivity contribution in [2.45, 2.75) is 6.61 Å². The van der Waals surface area contributed by atoms with Gasteiger partial charge in [0.15, 0.2) is 0 Å². The van der Waals surface area contributed by atoms with Crippen LogP contribution in [0.25, 0.3) is 0 Å². The Morgan fingerprint density at radius 2 is 1.55 bits per heavy atom. The van der Waals surface area contributed by atoms with Gasteiger partial charge in [-0.3, -0.25) is 0 Å². The van der Waals surface area contributed by atoms with E-state index >= 15 is 0 Å². The Balaban J connectivity index is 2.16. The number of nitrogens with two attached hydrogens (primary N) is 1. The largest absolute Gasteiger partial charge is 0.496 e. The van der Waals surface area contributed by atoms with Crippen LogP contribution in [0.4, 0.5) is 5.69 Å². The second kappa shape index (κ2) is 6.39. The predicted molar refractivity (Wildman–Crippen MR) is 79.7 cm³/mol. The highest BCUT2D eigenvalue weighted by Crippen LogP contribution is 2.28. The molecule has 0 fully saturated rings. The molecule has 2 N–H and O–H groups in total. The summed E-state index contributed by atoms with van der Waals surface area (Å²) in [6, 6.07) is 10.6. The fourth-order valence-electron chi connectivity index (χ4n) is 1.73. The molecule has 0 unspecified atom stereocenters. The number of hydrogen-bond donors (Lipinski definition) is 1. The van der Waals surface area contributed by atoms with Crippen molar-refractivity contribution in [2.75, 3.05) is 20.0 Å². The van der Waals surface area contributed by atoms with Gasteiger partial charge < -0.3 is 19.9 Å². The van der Waals surface area contributed by atoms with Crippen LogP contribution in [0, 0.1) is 0 Å². The Hall–Kier alpha value is -2.07. The molecule has 0 amide bonds. The van der Waals surface area contributed by atoms with Gasteiger partial charge in [0.25, 0.3) is 0 Å². The van der Waals surface area contributed by atoms with Gasteiger partial charge in [0.05, 0.1) is 14.2 Å². The molecule has 0 saturated carbocycles. The summed E-state index contributed by atoms with van der Waals surface area (Å²) in [7, 11) is 3.18. The first-order valence-electron chi connectivity index (χ1n) is 6.02. The molecule has 2 aromatic rings. The molecular formula is C15H16ClNO3. The van der Waals surface area contributed by atoms with Gasteiger partial charge in [-0.2, -0.15) is 0 Å². The Morgan fingerprint density at radius 3 is 2.15 bits per heavy atom. The number of nitrogen functional groups attached to an aromatic ring is 1. The summed E-state index contributed by atoms with van der Waals surface area (Å²) in [5, 5.41) is 0.626. The van der Waals surface area contributed by atoms with Crippen LogP contribution in [-0.2, 0) is 6.61 Å². The van der Waals surface area contributed by atoms with Crippen LogP contribution in [0.2, 0.25) is 5.02 Å². The molecule has 106 valence electrons. The highest BCUT2D eigenvalue weighted by molar-refractivity contribution is 6.30. The maximum atomic E-state index is 5.94. The summed E-state index contributed by atoms with van der Waals surface area (Å²) in [4.78, 5) is 0. The number of rotatable bonds is 5. The van der Waals surface area contributed by atoms with Crippen LogP contribution in [0.5, 0.6) is 17.2 Å². The van der Waals surface area contributed by atoms with Gasteiger partial charge in [-0.05, 0) is 18.2 Å². The smallest absolute Gasteiger partial charge is 0.127 e. The highest BCUT2D eigenvalue weighted by atomic mass is 35.5. The number of halogens is 1. The molecule has 20 heavy (non-hydrogen) atoms. The van der Waals surface area contributed by atoms with Crippen LogP contribution in [0.1, 0.15) is 5.56 Å². The second-order valence-electron chi connectivity index (χ2n) is 4.18. The van der Waals surface area contributed by atoms with Crippen LogP contribution >= 0.6 is 11.6 Å². The molecule has 0 aliphatic heterocycles. The van der Waals surface area contributed by atoms with Gasteiger partial charge in [-0.25, -0.2) is 0 Å². The molecule has 2 aromatic carbocycles. The zero-order chi connectivity index (χ0) is 14.5. The third-order valence-electron chi connectivity index (χ3n) is 2.82. The SMILES string of the molecule is COc1cc(OC)cc(OCc2cc(Cl)ccc2N)c1. The summed E-state index contributed by atoms with van der Waals surface area (Å²) in [6.07, 6.45) is 0. The third-order valence-corrected chi connectivity index (χ3v) is 3.06. The lowest BCUT2D eigenvalue weighted by molar-refractivity contribution is 0.301. The molecule has 0 radical (unpaired) electrons. The van der Waals surface area contributed by atoms with Crippen molar-refractivity contribution >= 4 is 17.3 Å². The third kappa shape index (κ3) is 3.48. The van der Waals surface area contributed by atoms with Crippen molar-refractivity contribution in [1.29, 1.82) is 0 Å². The van der Waals surface area contributed by atoms with Crippen molar-refractivity contribution < 1.29 is 14.2 Å². The van der Waals surface area contributed by atoms with Crippen molar-refractivity contribution in [2.24, 2.45) is 0 Å². The van der Waals surface area contributed by atoms with E-state index in [1.54, 1.807) is 50.6 Å². The number of anilines is 1. The van der Waals surface area contributed by atoms with E-state index < -0.39 is 0 Å². The lowest BCUT2D eigenvalue weighted by atomic mass is 10.2. The molecule has 0 aliphatic carbocycles. The Morgan fingerprint density at radius 1 is 0.950 bits per heavy atom. The van der Waals surface area contributed by atoms with Crippen LogP contribution < -0.4 is 19.9 Å². The van der Waals surface area contributed by atoms with Gasteiger partial charge >= 0.3 is 0 Å². The van der Waals surface area contributed by atoms with E-state index in [-0.39, 0.29) is 0 Å². The molecule has 0 saturated heterocycles. The van der Waals surface area contributed by atoms with Gasteiger partial charge in [-0.1, -0.05) is 11.6 Å². The summed E-state index contributed by atoms with van der Waals surface area (Å²) in [5.74, 6) is 1.97. The van der Waals surface area contributed by atoms with Gasteiger partial charge in [0, 0.05) is 34.5 Å². The molecular weight excluding hydrogens is 278 g/mol. The van der Waals surface area contributed by atoms with Crippen LogP contribution in [-0.4, -0.2) is 14.2 Å². The molecule has 4 nitrogen and oxygen atoms in total. The van der Waals surface area contributed by atoms with Gasteiger partial charge in [-0.15, -0.1) is 0 Å². The molecule has 0 atom stereocenters. The zero-order valence-corrected chi connectivity index (χ0v) is 12.1. The average Bonchev–Trinajstić information content (AvgIpc) is 2.47. The minimum absolute atomic E-state index is 0.322. The number of methoxy groups -OCH3 is 2. The quantitative estimate of drug-likeness (QED) is 0.857. The normalized spacial score (nSPS) is 10.2. The summed E-state index contributed by atoms with van der Waals surface area (Å²) >= 11 is 5.94. The zero-order valence-electron chi connectivity index (χ0n) is 11.4. The van der Waals surface area contributed by atoms with Crippen molar-refractivity contribution in [3.05, 3.63) is 47.0 Å². The highest BCUT2D eigenvalue weighted by Gasteiger charge is 2.05. The van der Waals surface area contributed by atoms with Crippen LogP contribution in [0.3, 0.4) is 0 Å². The van der Waals surface area contributed by atoms with Crippen molar-refractivity contribution in [3.63, 3.8) is 0 Å². The molecule has 0 heterocycles. The summed E-state index contributed by atoms with van der Waals surface area (Å²) in [5.41, 5.74) is 7.35. The minimum Gasteiger partial charge on any atom is -0.496 e. The summed E-state index contributed by atoms with van der Waals surface area (Å²) < 4.78 is 16.1. The molecule has 5 heteroatoms. The molecule has 0 aromatic heterocycles. The first kappa shape index (κ1) is 14.3. The minimum atomic E-state index is 0.322. The topological polar surface area (TPSA) is 53.7 Å². The predicted octanol–water partition coefficient (Wildman–Crippen LogP) is 3.52. The maximum absolute atomic E-state index is 5.94. The van der Waals surface area contributed by atoms with Crippen molar-refractivity contribution in [3.8, 4) is 17.2 Å². The lowest BCUT2D eigenvalue weighted by Gasteiger charge is -2.11. The van der Waals surface area contributed by atoms with E-state index in [9.17, 15) is 0 Å². The number of hydrogen-bond acceptors (Lipinski definition) is 4. The summed E-state index contributed by atoms with van der Waals surface area (Å²) in [6.45, 7) is 0.322.